The van der Waals surface area contributed by atoms with Crippen LogP contribution in [-0.2, 0) is 6.42 Å². The van der Waals surface area contributed by atoms with E-state index in [2.05, 4.69) is 40.9 Å². The molecule has 1 saturated heterocycles. The molecule has 0 aliphatic carbocycles. The summed E-state index contributed by atoms with van der Waals surface area (Å²) in [4.78, 5) is 4.61. The zero-order valence-electron chi connectivity index (χ0n) is 10.1. The number of nitrogens with zero attached hydrogens (tertiary/aromatic N) is 3. The third-order valence-corrected chi connectivity index (χ3v) is 4.62. The number of aryl methyl sites for hydroxylation is 1. The maximum atomic E-state index is 4.61. The summed E-state index contributed by atoms with van der Waals surface area (Å²) >= 11 is 2.08. The van der Waals surface area contributed by atoms with Crippen LogP contribution in [0.3, 0.4) is 0 Å². The van der Waals surface area contributed by atoms with Gasteiger partial charge in [0, 0.05) is 17.9 Å². The summed E-state index contributed by atoms with van der Waals surface area (Å²) in [6.45, 7) is 2.09. The molecule has 3 nitrogen and oxygen atoms in total. The second-order valence-corrected chi connectivity index (χ2v) is 6.14. The van der Waals surface area contributed by atoms with Crippen molar-refractivity contribution >= 4 is 17.4 Å². The van der Waals surface area contributed by atoms with Crippen LogP contribution in [0, 0.1) is 6.92 Å². The van der Waals surface area contributed by atoms with Crippen molar-refractivity contribution in [2.45, 2.75) is 37.9 Å². The second kappa shape index (κ2) is 4.69. The topological polar surface area (TPSA) is 30.2 Å². The SMILES string of the molecule is Cc1ccn2nc(CC3CCCCS3)nc2c1. The quantitative estimate of drug-likeness (QED) is 0.817. The molecular weight excluding hydrogens is 230 g/mol. The van der Waals surface area contributed by atoms with E-state index in [0.29, 0.717) is 0 Å². The molecule has 0 N–H and O–H groups in total. The van der Waals surface area contributed by atoms with E-state index >= 15 is 0 Å². The normalized spacial score (nSPS) is 20.9. The number of hydrogen-bond donors (Lipinski definition) is 0. The number of thioether (sulfide) groups is 1. The van der Waals surface area contributed by atoms with Crippen molar-refractivity contribution in [1.29, 1.82) is 0 Å². The van der Waals surface area contributed by atoms with Gasteiger partial charge < -0.3 is 0 Å². The Morgan fingerprint density at radius 3 is 3.24 bits per heavy atom. The highest BCUT2D eigenvalue weighted by Crippen LogP contribution is 2.27. The van der Waals surface area contributed by atoms with Crippen LogP contribution in [0.2, 0.25) is 0 Å². The first-order chi connectivity index (χ1) is 8.31. The standard InChI is InChI=1S/C13H17N3S/c1-10-5-6-16-13(8-10)14-12(15-16)9-11-4-2-3-7-17-11/h5-6,8,11H,2-4,7,9H2,1H3. The lowest BCUT2D eigenvalue weighted by Gasteiger charge is -2.19. The highest BCUT2D eigenvalue weighted by atomic mass is 32.2. The fourth-order valence-electron chi connectivity index (χ4n) is 2.29. The zero-order valence-corrected chi connectivity index (χ0v) is 10.9. The molecule has 3 rings (SSSR count). The molecule has 2 aromatic heterocycles. The van der Waals surface area contributed by atoms with Gasteiger partial charge in [0.1, 0.15) is 0 Å². The fourth-order valence-corrected chi connectivity index (χ4v) is 3.59. The lowest BCUT2D eigenvalue weighted by atomic mass is 10.1. The average Bonchev–Trinajstić information content (AvgIpc) is 2.71. The summed E-state index contributed by atoms with van der Waals surface area (Å²) in [7, 11) is 0. The van der Waals surface area contributed by atoms with Crippen LogP contribution in [-0.4, -0.2) is 25.6 Å². The van der Waals surface area contributed by atoms with Crippen molar-refractivity contribution in [2.75, 3.05) is 5.75 Å². The Labute approximate surface area is 106 Å². The largest absolute Gasteiger partial charge is 0.221 e. The van der Waals surface area contributed by atoms with Crippen LogP contribution in [0.4, 0.5) is 0 Å². The van der Waals surface area contributed by atoms with Crippen LogP contribution in [0.15, 0.2) is 18.3 Å². The van der Waals surface area contributed by atoms with Gasteiger partial charge in [0.25, 0.3) is 0 Å². The second-order valence-electron chi connectivity index (χ2n) is 4.73. The number of hydrogen-bond acceptors (Lipinski definition) is 3. The summed E-state index contributed by atoms with van der Waals surface area (Å²) in [5.41, 5.74) is 2.21. The van der Waals surface area contributed by atoms with Gasteiger partial charge in [0.05, 0.1) is 0 Å². The van der Waals surface area contributed by atoms with E-state index in [-0.39, 0.29) is 0 Å². The minimum atomic E-state index is 0.724. The predicted octanol–water partition coefficient (Wildman–Crippen LogP) is 2.87. The lowest BCUT2D eigenvalue weighted by Crippen LogP contribution is -2.13. The van der Waals surface area contributed by atoms with Crippen molar-refractivity contribution in [3.05, 3.63) is 29.7 Å². The zero-order chi connectivity index (χ0) is 11.7. The summed E-state index contributed by atoms with van der Waals surface area (Å²) in [5.74, 6) is 2.30. The van der Waals surface area contributed by atoms with E-state index in [9.17, 15) is 0 Å². The minimum absolute atomic E-state index is 0.724. The van der Waals surface area contributed by atoms with Gasteiger partial charge in [-0.25, -0.2) is 9.50 Å². The third kappa shape index (κ3) is 2.46. The third-order valence-electron chi connectivity index (χ3n) is 3.22. The molecule has 1 atom stereocenters. The Kier molecular flexibility index (Phi) is 3.05. The van der Waals surface area contributed by atoms with E-state index in [1.165, 1.54) is 30.6 Å². The van der Waals surface area contributed by atoms with Crippen LogP contribution >= 0.6 is 11.8 Å². The molecule has 1 aliphatic heterocycles. The van der Waals surface area contributed by atoms with Gasteiger partial charge in [0.15, 0.2) is 11.5 Å². The Bertz CT molecular complexity index is 514. The average molecular weight is 247 g/mol. The van der Waals surface area contributed by atoms with Crippen molar-refractivity contribution in [2.24, 2.45) is 0 Å². The summed E-state index contributed by atoms with van der Waals surface area (Å²) in [6.07, 6.45) is 7.07. The van der Waals surface area contributed by atoms with E-state index in [0.717, 1.165) is 23.1 Å². The first kappa shape index (κ1) is 11.1. The molecule has 1 aliphatic rings. The molecule has 1 fully saturated rings. The van der Waals surface area contributed by atoms with Gasteiger partial charge in [-0.2, -0.15) is 16.9 Å². The molecule has 0 spiro atoms. The minimum Gasteiger partial charge on any atom is -0.221 e. The summed E-state index contributed by atoms with van der Waals surface area (Å²) in [6, 6.07) is 4.16. The van der Waals surface area contributed by atoms with Gasteiger partial charge in [0.2, 0.25) is 0 Å². The van der Waals surface area contributed by atoms with Crippen LogP contribution < -0.4 is 0 Å². The number of fused-ring (bicyclic) bond motifs is 1. The molecule has 1 unspecified atom stereocenters. The fraction of sp³-hybridized carbons (Fsp3) is 0.538. The predicted molar refractivity (Wildman–Crippen MR) is 71.5 cm³/mol. The van der Waals surface area contributed by atoms with E-state index < -0.39 is 0 Å². The van der Waals surface area contributed by atoms with Gasteiger partial charge in [-0.15, -0.1) is 0 Å². The number of aromatic nitrogens is 3. The monoisotopic (exact) mass is 247 g/mol. The van der Waals surface area contributed by atoms with Gasteiger partial charge in [-0.05, 0) is 43.2 Å². The van der Waals surface area contributed by atoms with Crippen molar-refractivity contribution in [3.8, 4) is 0 Å². The van der Waals surface area contributed by atoms with E-state index in [1.54, 1.807) is 0 Å². The molecule has 4 heteroatoms. The lowest BCUT2D eigenvalue weighted by molar-refractivity contribution is 0.647. The van der Waals surface area contributed by atoms with E-state index in [4.69, 9.17) is 0 Å². The maximum Gasteiger partial charge on any atom is 0.155 e. The smallest absolute Gasteiger partial charge is 0.155 e. The molecular formula is C13H17N3S. The summed E-state index contributed by atoms with van der Waals surface area (Å²) < 4.78 is 1.88. The first-order valence-corrected chi connectivity index (χ1v) is 7.30. The van der Waals surface area contributed by atoms with Crippen molar-refractivity contribution < 1.29 is 0 Å². The molecule has 0 amide bonds. The maximum absolute atomic E-state index is 4.61. The Morgan fingerprint density at radius 2 is 2.41 bits per heavy atom. The van der Waals surface area contributed by atoms with E-state index in [1.807, 2.05) is 10.7 Å². The van der Waals surface area contributed by atoms with Crippen molar-refractivity contribution in [3.63, 3.8) is 0 Å². The van der Waals surface area contributed by atoms with Gasteiger partial charge in [-0.1, -0.05) is 6.42 Å². The molecule has 90 valence electrons. The molecule has 0 saturated carbocycles. The number of rotatable bonds is 2. The van der Waals surface area contributed by atoms with Crippen molar-refractivity contribution in [1.82, 2.24) is 14.6 Å². The molecule has 3 heterocycles. The van der Waals surface area contributed by atoms with Crippen LogP contribution in [0.5, 0.6) is 0 Å². The molecule has 0 bridgehead atoms. The highest BCUT2D eigenvalue weighted by Gasteiger charge is 2.16. The van der Waals surface area contributed by atoms with Gasteiger partial charge >= 0.3 is 0 Å². The van der Waals surface area contributed by atoms with Crippen LogP contribution in [0.25, 0.3) is 5.65 Å². The Morgan fingerprint density at radius 1 is 1.47 bits per heavy atom. The Balaban J connectivity index is 1.80. The number of pyridine rings is 1. The van der Waals surface area contributed by atoms with Crippen LogP contribution in [0.1, 0.15) is 30.7 Å². The first-order valence-electron chi connectivity index (χ1n) is 6.25. The Hall–Kier alpha value is -1.03. The molecule has 2 aromatic rings. The molecule has 0 aromatic carbocycles. The molecule has 17 heavy (non-hydrogen) atoms. The van der Waals surface area contributed by atoms with Gasteiger partial charge in [-0.3, -0.25) is 0 Å². The highest BCUT2D eigenvalue weighted by molar-refractivity contribution is 7.99. The summed E-state index contributed by atoms with van der Waals surface area (Å²) in [5, 5.41) is 5.26. The molecule has 0 radical (unpaired) electrons.